The quantitative estimate of drug-likeness (QED) is 0.696. The van der Waals surface area contributed by atoms with Crippen LogP contribution < -0.4 is 10.5 Å². The fraction of sp³-hybridized carbons (Fsp3) is 0.520. The highest BCUT2D eigenvalue weighted by Gasteiger charge is 2.33. The van der Waals surface area contributed by atoms with Gasteiger partial charge in [-0.3, -0.25) is 0 Å². The maximum Gasteiger partial charge on any atom is 0.227 e. The van der Waals surface area contributed by atoms with E-state index in [2.05, 4.69) is 68.0 Å². The number of nitrogens with two attached hydrogens (primary N) is 1. The summed E-state index contributed by atoms with van der Waals surface area (Å²) in [6.07, 6.45) is 7.41. The van der Waals surface area contributed by atoms with E-state index in [9.17, 15) is 0 Å². The van der Waals surface area contributed by atoms with Crippen molar-refractivity contribution in [1.29, 1.82) is 0 Å². The number of aryl methyl sites for hydroxylation is 1. The third kappa shape index (κ3) is 3.90. The van der Waals surface area contributed by atoms with E-state index < -0.39 is 5.60 Å². The van der Waals surface area contributed by atoms with Crippen LogP contribution in [0.15, 0.2) is 24.3 Å². The summed E-state index contributed by atoms with van der Waals surface area (Å²) >= 11 is 0. The SMILES string of the molecule is Cc1nc(N)c2c(n1)OC(C)(C)C(c1ccc(C3CCC(C(C)C)CC3)cc1)=C2. The molecule has 154 valence electrons. The van der Waals surface area contributed by atoms with Gasteiger partial charge in [0.05, 0.1) is 5.56 Å². The summed E-state index contributed by atoms with van der Waals surface area (Å²) in [5.41, 5.74) is 10.2. The van der Waals surface area contributed by atoms with Gasteiger partial charge >= 0.3 is 0 Å². The van der Waals surface area contributed by atoms with Crippen molar-refractivity contribution in [2.75, 3.05) is 5.73 Å². The maximum atomic E-state index is 6.23. The summed E-state index contributed by atoms with van der Waals surface area (Å²) in [5.74, 6) is 4.07. The Morgan fingerprint density at radius 3 is 2.31 bits per heavy atom. The van der Waals surface area contributed by atoms with Crippen molar-refractivity contribution < 1.29 is 4.74 Å². The smallest absolute Gasteiger partial charge is 0.227 e. The molecule has 0 amide bonds. The molecule has 1 aliphatic carbocycles. The highest BCUT2D eigenvalue weighted by atomic mass is 16.5. The van der Waals surface area contributed by atoms with E-state index in [1.807, 2.05) is 6.92 Å². The molecule has 2 aromatic rings. The van der Waals surface area contributed by atoms with Gasteiger partial charge in [-0.1, -0.05) is 38.1 Å². The maximum absolute atomic E-state index is 6.23. The monoisotopic (exact) mass is 391 g/mol. The number of ether oxygens (including phenoxy) is 1. The van der Waals surface area contributed by atoms with Crippen molar-refractivity contribution in [3.63, 3.8) is 0 Å². The fourth-order valence-electron chi connectivity index (χ4n) is 4.89. The Bertz CT molecular complexity index is 920. The molecule has 4 heteroatoms. The molecule has 0 atom stereocenters. The van der Waals surface area contributed by atoms with Gasteiger partial charge in [-0.05, 0) is 81.4 Å². The van der Waals surface area contributed by atoms with E-state index in [-0.39, 0.29) is 0 Å². The molecule has 29 heavy (non-hydrogen) atoms. The Kier molecular flexibility index (Phi) is 5.14. The molecule has 1 aromatic heterocycles. The predicted molar refractivity (Wildman–Crippen MR) is 120 cm³/mol. The molecule has 1 aliphatic heterocycles. The Morgan fingerprint density at radius 1 is 1.03 bits per heavy atom. The Hall–Kier alpha value is -2.36. The first-order valence-electron chi connectivity index (χ1n) is 10.9. The number of rotatable bonds is 3. The second-order valence-corrected chi connectivity index (χ2v) is 9.52. The van der Waals surface area contributed by atoms with Gasteiger partial charge in [0.1, 0.15) is 17.2 Å². The molecule has 0 unspecified atom stereocenters. The molecule has 2 aliphatic rings. The van der Waals surface area contributed by atoms with Crippen molar-refractivity contribution in [1.82, 2.24) is 9.97 Å². The zero-order valence-electron chi connectivity index (χ0n) is 18.3. The lowest BCUT2D eigenvalue weighted by molar-refractivity contribution is 0.161. The van der Waals surface area contributed by atoms with E-state index in [0.717, 1.165) is 23.0 Å². The van der Waals surface area contributed by atoms with Gasteiger partial charge in [-0.15, -0.1) is 0 Å². The third-order valence-electron chi connectivity index (χ3n) is 6.75. The van der Waals surface area contributed by atoms with E-state index in [0.29, 0.717) is 23.4 Å². The van der Waals surface area contributed by atoms with Gasteiger partial charge in [0.15, 0.2) is 0 Å². The van der Waals surface area contributed by atoms with Crippen molar-refractivity contribution in [2.45, 2.75) is 71.8 Å². The lowest BCUT2D eigenvalue weighted by atomic mass is 9.74. The van der Waals surface area contributed by atoms with Crippen LogP contribution in [0.25, 0.3) is 11.6 Å². The third-order valence-corrected chi connectivity index (χ3v) is 6.75. The average molecular weight is 392 g/mol. The van der Waals surface area contributed by atoms with Gasteiger partial charge in [-0.25, -0.2) is 4.98 Å². The van der Waals surface area contributed by atoms with Crippen molar-refractivity contribution in [3.8, 4) is 5.88 Å². The zero-order valence-corrected chi connectivity index (χ0v) is 18.3. The van der Waals surface area contributed by atoms with Crippen LogP contribution in [0.5, 0.6) is 5.88 Å². The second kappa shape index (κ2) is 7.47. The van der Waals surface area contributed by atoms with Gasteiger partial charge in [0.2, 0.25) is 5.88 Å². The molecule has 4 rings (SSSR count). The Morgan fingerprint density at radius 2 is 1.69 bits per heavy atom. The number of fused-ring (bicyclic) bond motifs is 1. The Balaban J connectivity index is 1.59. The minimum Gasteiger partial charge on any atom is -0.466 e. The van der Waals surface area contributed by atoms with Crippen LogP contribution in [-0.4, -0.2) is 15.6 Å². The minimum atomic E-state index is -0.475. The van der Waals surface area contributed by atoms with Crippen molar-refractivity contribution in [3.05, 3.63) is 46.8 Å². The first-order valence-corrected chi connectivity index (χ1v) is 10.9. The van der Waals surface area contributed by atoms with Gasteiger partial charge in [0, 0.05) is 5.57 Å². The summed E-state index contributed by atoms with van der Waals surface area (Å²) in [5, 5.41) is 0. The van der Waals surface area contributed by atoms with Crippen molar-refractivity contribution in [2.24, 2.45) is 11.8 Å². The molecular weight excluding hydrogens is 358 g/mol. The van der Waals surface area contributed by atoms with Crippen LogP contribution in [0, 0.1) is 18.8 Å². The first kappa shape index (κ1) is 19.9. The van der Waals surface area contributed by atoms with E-state index in [4.69, 9.17) is 10.5 Å². The number of nitrogens with zero attached hydrogens (tertiary/aromatic N) is 2. The van der Waals surface area contributed by atoms with E-state index in [1.54, 1.807) is 0 Å². The molecule has 0 saturated heterocycles. The summed E-state index contributed by atoms with van der Waals surface area (Å²) in [6.45, 7) is 10.7. The van der Waals surface area contributed by atoms with Crippen LogP contribution in [0.2, 0.25) is 0 Å². The van der Waals surface area contributed by atoms with E-state index in [1.165, 1.54) is 36.8 Å². The first-order chi connectivity index (χ1) is 13.7. The summed E-state index contributed by atoms with van der Waals surface area (Å²) < 4.78 is 6.23. The molecule has 1 saturated carbocycles. The molecule has 0 bridgehead atoms. The zero-order chi connectivity index (χ0) is 20.8. The largest absolute Gasteiger partial charge is 0.466 e. The molecule has 2 N–H and O–H groups in total. The standard InChI is InChI=1S/C25H33N3O/c1-15(2)17-6-8-18(9-7-17)19-10-12-20(13-11-19)22-14-21-23(26)27-16(3)28-24(21)29-25(22,4)5/h10-15,17-18H,6-9H2,1-5H3,(H2,26,27,28). The van der Waals surface area contributed by atoms with Crippen LogP contribution >= 0.6 is 0 Å². The fourth-order valence-corrected chi connectivity index (χ4v) is 4.89. The minimum absolute atomic E-state index is 0.471. The van der Waals surface area contributed by atoms with Crippen LogP contribution in [-0.2, 0) is 0 Å². The van der Waals surface area contributed by atoms with Gasteiger partial charge in [-0.2, -0.15) is 4.98 Å². The molecule has 4 nitrogen and oxygen atoms in total. The molecule has 0 spiro atoms. The normalized spacial score (nSPS) is 23.3. The highest BCUT2D eigenvalue weighted by Crippen LogP contribution is 2.42. The predicted octanol–water partition coefficient (Wildman–Crippen LogP) is 6.01. The topological polar surface area (TPSA) is 61.0 Å². The molecule has 1 aromatic carbocycles. The number of hydrogen-bond acceptors (Lipinski definition) is 4. The van der Waals surface area contributed by atoms with Gasteiger partial charge < -0.3 is 10.5 Å². The number of aromatic nitrogens is 2. The highest BCUT2D eigenvalue weighted by molar-refractivity contribution is 5.91. The number of anilines is 1. The second-order valence-electron chi connectivity index (χ2n) is 9.52. The molecule has 2 heterocycles. The number of nitrogen functional groups attached to an aromatic ring is 1. The molecule has 1 fully saturated rings. The number of hydrogen-bond donors (Lipinski definition) is 1. The summed E-state index contributed by atoms with van der Waals surface area (Å²) in [4.78, 5) is 8.73. The Labute approximate surface area is 174 Å². The lowest BCUT2D eigenvalue weighted by Gasteiger charge is -2.34. The lowest BCUT2D eigenvalue weighted by Crippen LogP contribution is -2.33. The summed E-state index contributed by atoms with van der Waals surface area (Å²) in [6, 6.07) is 9.07. The molecular formula is C25H33N3O. The van der Waals surface area contributed by atoms with Crippen LogP contribution in [0.4, 0.5) is 5.82 Å². The molecule has 0 radical (unpaired) electrons. The average Bonchev–Trinajstić information content (AvgIpc) is 2.67. The van der Waals surface area contributed by atoms with E-state index >= 15 is 0 Å². The number of benzene rings is 1. The van der Waals surface area contributed by atoms with Crippen LogP contribution in [0.3, 0.4) is 0 Å². The van der Waals surface area contributed by atoms with Crippen molar-refractivity contribution >= 4 is 17.5 Å². The summed E-state index contributed by atoms with van der Waals surface area (Å²) in [7, 11) is 0. The van der Waals surface area contributed by atoms with Crippen LogP contribution in [0.1, 0.15) is 81.8 Å². The van der Waals surface area contributed by atoms with Gasteiger partial charge in [0.25, 0.3) is 0 Å².